The Bertz CT molecular complexity index is 555. The van der Waals surface area contributed by atoms with E-state index in [4.69, 9.17) is 0 Å². The van der Waals surface area contributed by atoms with E-state index in [1.807, 2.05) is 13.8 Å². The van der Waals surface area contributed by atoms with Gasteiger partial charge in [-0.15, -0.1) is 0 Å². The summed E-state index contributed by atoms with van der Waals surface area (Å²) >= 11 is 0. The van der Waals surface area contributed by atoms with Gasteiger partial charge in [-0.1, -0.05) is 38.1 Å². The van der Waals surface area contributed by atoms with Crippen LogP contribution in [0.2, 0.25) is 0 Å². The van der Waals surface area contributed by atoms with Crippen LogP contribution in [0, 0.1) is 22.7 Å². The van der Waals surface area contributed by atoms with Crippen molar-refractivity contribution < 1.29 is 5.11 Å². The Morgan fingerprint density at radius 1 is 1.32 bits per heavy atom. The van der Waals surface area contributed by atoms with Gasteiger partial charge >= 0.3 is 0 Å². The summed E-state index contributed by atoms with van der Waals surface area (Å²) in [7, 11) is 0. The van der Waals surface area contributed by atoms with Crippen LogP contribution >= 0.6 is 0 Å². The Morgan fingerprint density at radius 2 is 2.05 bits per heavy atom. The minimum Gasteiger partial charge on any atom is -0.390 e. The zero-order valence-corrected chi connectivity index (χ0v) is 14.4. The lowest BCUT2D eigenvalue weighted by atomic mass is 9.60. The molecule has 1 fully saturated rings. The quantitative estimate of drug-likeness (QED) is 0.866. The Balaban J connectivity index is 2.14. The summed E-state index contributed by atoms with van der Waals surface area (Å²) in [5.74, 6) is 0.573. The van der Waals surface area contributed by atoms with E-state index in [9.17, 15) is 10.4 Å². The number of aryl methyl sites for hydroxylation is 1. The number of hydrogen-bond donors (Lipinski definition) is 1. The molecule has 1 aromatic rings. The van der Waals surface area contributed by atoms with Crippen LogP contribution in [-0.2, 0) is 6.42 Å². The van der Waals surface area contributed by atoms with E-state index in [1.165, 1.54) is 11.1 Å². The number of nitriles is 1. The van der Waals surface area contributed by atoms with Crippen molar-refractivity contribution >= 4 is 0 Å². The molecule has 1 aromatic carbocycles. The summed E-state index contributed by atoms with van der Waals surface area (Å²) in [5.41, 5.74) is 1.54. The molecule has 0 aliphatic heterocycles. The van der Waals surface area contributed by atoms with Crippen LogP contribution < -0.4 is 0 Å². The summed E-state index contributed by atoms with van der Waals surface area (Å²) in [6, 6.07) is 11.2. The molecule has 0 heterocycles. The van der Waals surface area contributed by atoms with Gasteiger partial charge in [0.15, 0.2) is 0 Å². The minimum atomic E-state index is -0.724. The Morgan fingerprint density at radius 3 is 2.68 bits per heavy atom. The predicted octanol–water partition coefficient (Wildman–Crippen LogP) is 4.82. The average Bonchev–Trinajstić information content (AvgIpc) is 2.46. The molecule has 1 saturated carbocycles. The first-order valence-corrected chi connectivity index (χ1v) is 8.51. The van der Waals surface area contributed by atoms with Gasteiger partial charge in [-0.25, -0.2) is 0 Å². The zero-order chi connectivity index (χ0) is 16.4. The fourth-order valence-electron chi connectivity index (χ4n) is 4.03. The molecular weight excluding hydrogens is 270 g/mol. The summed E-state index contributed by atoms with van der Waals surface area (Å²) in [6.45, 7) is 8.35. The van der Waals surface area contributed by atoms with Gasteiger partial charge in [-0.05, 0) is 63.0 Å². The van der Waals surface area contributed by atoms with Crippen molar-refractivity contribution in [2.24, 2.45) is 11.3 Å². The topological polar surface area (TPSA) is 44.0 Å². The maximum Gasteiger partial charge on any atom is 0.0690 e. The lowest BCUT2D eigenvalue weighted by Gasteiger charge is -2.46. The third kappa shape index (κ3) is 3.52. The molecule has 0 aromatic heterocycles. The lowest BCUT2D eigenvalue weighted by molar-refractivity contribution is -0.0793. The molecule has 22 heavy (non-hydrogen) atoms. The fraction of sp³-hybridized carbons (Fsp3) is 0.650. The molecule has 0 unspecified atom stereocenters. The van der Waals surface area contributed by atoms with Crippen molar-refractivity contribution in [3.63, 3.8) is 0 Å². The van der Waals surface area contributed by atoms with Crippen LogP contribution in [0.3, 0.4) is 0 Å². The second-order valence-corrected chi connectivity index (χ2v) is 7.73. The third-order valence-electron chi connectivity index (χ3n) is 5.49. The van der Waals surface area contributed by atoms with E-state index in [0.717, 1.165) is 32.1 Å². The molecule has 3 atom stereocenters. The summed E-state index contributed by atoms with van der Waals surface area (Å²) < 4.78 is 0. The highest BCUT2D eigenvalue weighted by atomic mass is 16.3. The van der Waals surface area contributed by atoms with Crippen LogP contribution in [0.25, 0.3) is 0 Å². The molecular formula is C20H29NO. The fourth-order valence-corrected chi connectivity index (χ4v) is 4.03. The van der Waals surface area contributed by atoms with Gasteiger partial charge in [0.25, 0.3) is 0 Å². The first kappa shape index (κ1) is 17.0. The molecule has 120 valence electrons. The number of nitrogens with zero attached hydrogens (tertiary/aromatic N) is 1. The molecule has 0 amide bonds. The Hall–Kier alpha value is -1.33. The normalized spacial score (nSPS) is 32.0. The highest BCUT2D eigenvalue weighted by molar-refractivity contribution is 5.26. The van der Waals surface area contributed by atoms with E-state index in [-0.39, 0.29) is 5.92 Å². The van der Waals surface area contributed by atoms with Crippen molar-refractivity contribution in [2.75, 3.05) is 0 Å². The van der Waals surface area contributed by atoms with Crippen LogP contribution in [0.15, 0.2) is 24.3 Å². The van der Waals surface area contributed by atoms with E-state index in [0.29, 0.717) is 5.92 Å². The largest absolute Gasteiger partial charge is 0.390 e. The van der Waals surface area contributed by atoms with E-state index in [2.05, 4.69) is 44.2 Å². The third-order valence-corrected chi connectivity index (χ3v) is 5.49. The second-order valence-electron chi connectivity index (χ2n) is 7.73. The lowest BCUT2D eigenvalue weighted by Crippen LogP contribution is -2.47. The molecule has 1 aliphatic rings. The molecule has 0 spiro atoms. The van der Waals surface area contributed by atoms with Crippen LogP contribution in [0.4, 0.5) is 0 Å². The van der Waals surface area contributed by atoms with Crippen molar-refractivity contribution in [3.05, 3.63) is 35.4 Å². The molecule has 2 rings (SSSR count). The minimum absolute atomic E-state index is 0.0430. The van der Waals surface area contributed by atoms with Crippen molar-refractivity contribution in [3.8, 4) is 6.07 Å². The van der Waals surface area contributed by atoms with Crippen molar-refractivity contribution in [1.29, 1.82) is 5.26 Å². The van der Waals surface area contributed by atoms with Gasteiger partial charge in [-0.3, -0.25) is 0 Å². The molecule has 2 heteroatoms. The SMILES string of the molecule is CC(C)c1cccc(CC[C@H]2[C@@](C)(O)CCC[C@]2(C)C#N)c1. The molecule has 1 aliphatic carbocycles. The molecule has 0 saturated heterocycles. The maximum absolute atomic E-state index is 10.8. The molecule has 0 radical (unpaired) electrons. The number of aliphatic hydroxyl groups is 1. The first-order valence-electron chi connectivity index (χ1n) is 8.51. The standard InChI is InChI=1S/C20H29NO/c1-15(2)17-8-5-7-16(13-17)9-10-18-19(3,14-21)11-6-12-20(18,4)22/h5,7-8,13,15,18,22H,6,9-12H2,1-4H3/t18-,19-,20+/m1/s1. The molecule has 2 nitrogen and oxygen atoms in total. The van der Waals surface area contributed by atoms with Gasteiger partial charge in [0, 0.05) is 5.92 Å². The number of rotatable bonds is 4. The molecule has 0 bridgehead atoms. The van der Waals surface area contributed by atoms with Gasteiger partial charge < -0.3 is 5.11 Å². The Labute approximate surface area is 135 Å². The maximum atomic E-state index is 10.8. The average molecular weight is 299 g/mol. The summed E-state index contributed by atoms with van der Waals surface area (Å²) in [6.07, 6.45) is 4.45. The highest BCUT2D eigenvalue weighted by Crippen LogP contribution is 2.48. The van der Waals surface area contributed by atoms with Crippen LogP contribution in [0.1, 0.15) is 70.4 Å². The van der Waals surface area contributed by atoms with E-state index < -0.39 is 11.0 Å². The second kappa shape index (κ2) is 6.42. The highest BCUT2D eigenvalue weighted by Gasteiger charge is 2.47. The van der Waals surface area contributed by atoms with Gasteiger partial charge in [0.1, 0.15) is 0 Å². The van der Waals surface area contributed by atoms with Crippen LogP contribution in [-0.4, -0.2) is 10.7 Å². The predicted molar refractivity (Wildman–Crippen MR) is 90.5 cm³/mol. The monoisotopic (exact) mass is 299 g/mol. The van der Waals surface area contributed by atoms with Gasteiger partial charge in [-0.2, -0.15) is 5.26 Å². The van der Waals surface area contributed by atoms with Gasteiger partial charge in [0.05, 0.1) is 17.1 Å². The molecule has 1 N–H and O–H groups in total. The van der Waals surface area contributed by atoms with Crippen LogP contribution in [0.5, 0.6) is 0 Å². The number of benzene rings is 1. The zero-order valence-electron chi connectivity index (χ0n) is 14.4. The van der Waals surface area contributed by atoms with Crippen molar-refractivity contribution in [1.82, 2.24) is 0 Å². The first-order chi connectivity index (χ1) is 10.3. The van der Waals surface area contributed by atoms with E-state index in [1.54, 1.807) is 0 Å². The van der Waals surface area contributed by atoms with Gasteiger partial charge in [0.2, 0.25) is 0 Å². The summed E-state index contributed by atoms with van der Waals surface area (Å²) in [4.78, 5) is 0. The smallest absolute Gasteiger partial charge is 0.0690 e. The van der Waals surface area contributed by atoms with E-state index >= 15 is 0 Å². The summed E-state index contributed by atoms with van der Waals surface area (Å²) in [5, 5.41) is 20.4. The Kier molecular flexibility index (Phi) is 4.97. The number of hydrogen-bond acceptors (Lipinski definition) is 2. The van der Waals surface area contributed by atoms with Crippen molar-refractivity contribution in [2.45, 2.75) is 71.3 Å².